The molecule has 0 saturated carbocycles. The van der Waals surface area contributed by atoms with Gasteiger partial charge in [0.2, 0.25) is 5.91 Å². The fourth-order valence-electron chi connectivity index (χ4n) is 3.24. The van der Waals surface area contributed by atoms with E-state index in [4.69, 9.17) is 24.5 Å². The number of piperidine rings is 1. The van der Waals surface area contributed by atoms with Gasteiger partial charge in [-0.15, -0.1) is 0 Å². The molecule has 0 spiro atoms. The summed E-state index contributed by atoms with van der Waals surface area (Å²) in [6.45, 7) is 5.52. The maximum Gasteiger partial charge on any atom is 0.414 e. The zero-order chi connectivity index (χ0) is 21.9. The summed E-state index contributed by atoms with van der Waals surface area (Å²) in [5, 5.41) is 14.8. The molecular formula is C21H27BrN2O6. The van der Waals surface area contributed by atoms with Crippen LogP contribution >= 0.6 is 15.9 Å². The number of halogens is 1. The van der Waals surface area contributed by atoms with Gasteiger partial charge in [0.25, 0.3) is 0 Å². The van der Waals surface area contributed by atoms with Crippen LogP contribution in [0, 0.1) is 5.92 Å². The van der Waals surface area contributed by atoms with E-state index in [1.54, 1.807) is 0 Å². The number of morpholine rings is 1. The molecule has 2 aliphatic rings. The highest BCUT2D eigenvalue weighted by atomic mass is 79.9. The lowest BCUT2D eigenvalue weighted by Crippen LogP contribution is -2.46. The summed E-state index contributed by atoms with van der Waals surface area (Å²) in [7, 11) is 0. The molecule has 1 amide bonds. The number of benzene rings is 1. The average molecular weight is 483 g/mol. The standard InChI is InChI=1S/C19H25BrN2O2.C2H2O4/c20-18-4-2-1-3-17(18)6-5-16-7-9-22(10-8-16)19(23)15-21-11-13-24-14-12-21;3-1(4)2(5)6/h1-6,16H,7-15H2;(H,3,4)(H,5,6)/b6-5+;. The number of ether oxygens (including phenoxy) is 1. The van der Waals surface area contributed by atoms with Crippen LogP contribution in [0.1, 0.15) is 18.4 Å². The van der Waals surface area contributed by atoms with Crippen LogP contribution < -0.4 is 0 Å². The maximum atomic E-state index is 12.4. The van der Waals surface area contributed by atoms with Gasteiger partial charge in [-0.05, 0) is 30.4 Å². The van der Waals surface area contributed by atoms with Crippen LogP contribution in [-0.2, 0) is 19.1 Å². The molecule has 0 bridgehead atoms. The molecule has 3 rings (SSSR count). The lowest BCUT2D eigenvalue weighted by molar-refractivity contribution is -0.159. The number of rotatable bonds is 4. The van der Waals surface area contributed by atoms with Crippen molar-refractivity contribution in [2.45, 2.75) is 12.8 Å². The van der Waals surface area contributed by atoms with Crippen molar-refractivity contribution in [1.82, 2.24) is 9.80 Å². The van der Waals surface area contributed by atoms with E-state index in [1.165, 1.54) is 5.56 Å². The molecule has 9 heteroatoms. The summed E-state index contributed by atoms with van der Waals surface area (Å²) in [6.07, 6.45) is 6.59. The number of carbonyl (C=O) groups is 3. The average Bonchev–Trinajstić information content (AvgIpc) is 2.74. The minimum absolute atomic E-state index is 0.269. The highest BCUT2D eigenvalue weighted by Crippen LogP contribution is 2.22. The number of carbonyl (C=O) groups excluding carboxylic acids is 1. The fourth-order valence-corrected chi connectivity index (χ4v) is 3.66. The molecule has 0 radical (unpaired) electrons. The van der Waals surface area contributed by atoms with Crippen LogP contribution in [-0.4, -0.2) is 83.8 Å². The molecule has 2 N–H and O–H groups in total. The van der Waals surface area contributed by atoms with Gasteiger partial charge < -0.3 is 19.8 Å². The van der Waals surface area contributed by atoms with Gasteiger partial charge >= 0.3 is 11.9 Å². The maximum absolute atomic E-state index is 12.4. The van der Waals surface area contributed by atoms with Crippen LogP contribution in [0.3, 0.4) is 0 Å². The van der Waals surface area contributed by atoms with Gasteiger partial charge in [0.05, 0.1) is 19.8 Å². The zero-order valence-corrected chi connectivity index (χ0v) is 18.3. The Morgan fingerprint density at radius 3 is 2.20 bits per heavy atom. The van der Waals surface area contributed by atoms with Gasteiger partial charge in [-0.3, -0.25) is 9.69 Å². The monoisotopic (exact) mass is 482 g/mol. The Labute approximate surface area is 184 Å². The van der Waals surface area contributed by atoms with Gasteiger partial charge in [0, 0.05) is 30.7 Å². The molecule has 0 atom stereocenters. The molecule has 0 aromatic heterocycles. The smallest absolute Gasteiger partial charge is 0.414 e. The van der Waals surface area contributed by atoms with E-state index in [0.29, 0.717) is 12.5 Å². The van der Waals surface area contributed by atoms with Crippen LogP contribution in [0.4, 0.5) is 0 Å². The fraction of sp³-hybridized carbons (Fsp3) is 0.476. The normalized spacial score (nSPS) is 18.0. The summed E-state index contributed by atoms with van der Waals surface area (Å²) in [5.74, 6) is -2.82. The third-order valence-corrected chi connectivity index (χ3v) is 5.71. The van der Waals surface area contributed by atoms with Crippen LogP contribution in [0.5, 0.6) is 0 Å². The highest BCUT2D eigenvalue weighted by molar-refractivity contribution is 9.10. The molecule has 30 heavy (non-hydrogen) atoms. The molecule has 2 heterocycles. The van der Waals surface area contributed by atoms with Gasteiger partial charge in [-0.25, -0.2) is 9.59 Å². The van der Waals surface area contributed by atoms with Gasteiger partial charge in [0.15, 0.2) is 0 Å². The van der Waals surface area contributed by atoms with E-state index in [2.05, 4.69) is 51.2 Å². The number of amides is 1. The number of hydrogen-bond donors (Lipinski definition) is 2. The number of likely N-dealkylation sites (tertiary alicyclic amines) is 1. The first kappa shape index (κ1) is 24.0. The molecule has 2 saturated heterocycles. The number of carboxylic acid groups (broad SMARTS) is 2. The second-order valence-corrected chi connectivity index (χ2v) is 7.95. The molecule has 0 unspecified atom stereocenters. The van der Waals surface area contributed by atoms with Crippen molar-refractivity contribution in [1.29, 1.82) is 0 Å². The zero-order valence-electron chi connectivity index (χ0n) is 16.7. The van der Waals surface area contributed by atoms with Gasteiger partial charge in [0.1, 0.15) is 0 Å². The lowest BCUT2D eigenvalue weighted by Gasteiger charge is -2.33. The first-order valence-corrected chi connectivity index (χ1v) is 10.6. The molecular weight excluding hydrogens is 456 g/mol. The van der Waals surface area contributed by atoms with Crippen molar-refractivity contribution in [2.24, 2.45) is 5.92 Å². The Hall–Kier alpha value is -2.23. The van der Waals surface area contributed by atoms with Crippen LogP contribution in [0.2, 0.25) is 0 Å². The van der Waals surface area contributed by atoms with Crippen molar-refractivity contribution >= 4 is 39.9 Å². The van der Waals surface area contributed by atoms with Crippen molar-refractivity contribution in [3.63, 3.8) is 0 Å². The summed E-state index contributed by atoms with van der Waals surface area (Å²) in [4.78, 5) is 34.8. The minimum Gasteiger partial charge on any atom is -0.473 e. The van der Waals surface area contributed by atoms with Crippen molar-refractivity contribution < 1.29 is 29.3 Å². The Kier molecular flexibility index (Phi) is 9.99. The summed E-state index contributed by atoms with van der Waals surface area (Å²) < 4.78 is 6.46. The number of carboxylic acids is 2. The summed E-state index contributed by atoms with van der Waals surface area (Å²) >= 11 is 3.58. The first-order valence-electron chi connectivity index (χ1n) is 9.83. The van der Waals surface area contributed by atoms with Gasteiger partial charge in [-0.2, -0.15) is 0 Å². The van der Waals surface area contributed by atoms with Crippen molar-refractivity contribution in [3.8, 4) is 0 Å². The van der Waals surface area contributed by atoms with Crippen molar-refractivity contribution in [2.75, 3.05) is 45.9 Å². The van der Waals surface area contributed by atoms with Crippen LogP contribution in [0.15, 0.2) is 34.8 Å². The third kappa shape index (κ3) is 8.25. The minimum atomic E-state index is -1.82. The van der Waals surface area contributed by atoms with Crippen molar-refractivity contribution in [3.05, 3.63) is 40.4 Å². The lowest BCUT2D eigenvalue weighted by atomic mass is 9.95. The van der Waals surface area contributed by atoms with Crippen LogP contribution in [0.25, 0.3) is 6.08 Å². The molecule has 2 aliphatic heterocycles. The molecule has 1 aromatic rings. The Bertz CT molecular complexity index is 744. The summed E-state index contributed by atoms with van der Waals surface area (Å²) in [6, 6.07) is 8.26. The third-order valence-electron chi connectivity index (χ3n) is 4.99. The molecule has 8 nitrogen and oxygen atoms in total. The Morgan fingerprint density at radius 2 is 1.63 bits per heavy atom. The largest absolute Gasteiger partial charge is 0.473 e. The SMILES string of the molecule is O=C(CN1CCOCC1)N1CCC(/C=C/c2ccccc2Br)CC1.O=C(O)C(=O)O. The Balaban J connectivity index is 0.000000469. The topological polar surface area (TPSA) is 107 Å². The second kappa shape index (κ2) is 12.5. The molecule has 2 fully saturated rings. The van der Waals surface area contributed by atoms with E-state index in [-0.39, 0.29) is 5.91 Å². The van der Waals surface area contributed by atoms with E-state index in [1.807, 2.05) is 11.0 Å². The summed E-state index contributed by atoms with van der Waals surface area (Å²) in [5.41, 5.74) is 1.21. The van der Waals surface area contributed by atoms with E-state index in [9.17, 15) is 4.79 Å². The number of allylic oxidation sites excluding steroid dienone is 1. The van der Waals surface area contributed by atoms with E-state index < -0.39 is 11.9 Å². The quantitative estimate of drug-likeness (QED) is 0.633. The number of hydrogen-bond acceptors (Lipinski definition) is 5. The molecule has 0 aliphatic carbocycles. The van der Waals surface area contributed by atoms with Gasteiger partial charge in [-0.1, -0.05) is 46.3 Å². The second-order valence-electron chi connectivity index (χ2n) is 7.10. The predicted molar refractivity (Wildman–Crippen MR) is 115 cm³/mol. The van der Waals surface area contributed by atoms with E-state index >= 15 is 0 Å². The molecule has 1 aromatic carbocycles. The number of aliphatic carboxylic acids is 2. The van der Waals surface area contributed by atoms with E-state index in [0.717, 1.165) is 56.7 Å². The first-order chi connectivity index (χ1) is 14.4. The number of nitrogens with zero attached hydrogens (tertiary/aromatic N) is 2. The molecule has 164 valence electrons. The highest BCUT2D eigenvalue weighted by Gasteiger charge is 2.23. The Morgan fingerprint density at radius 1 is 1.03 bits per heavy atom. The predicted octanol–water partition coefficient (Wildman–Crippen LogP) is 2.19.